The molecule has 0 saturated heterocycles. The Labute approximate surface area is 113 Å². The van der Waals surface area contributed by atoms with Gasteiger partial charge in [0.2, 0.25) is 5.89 Å². The lowest BCUT2D eigenvalue weighted by atomic mass is 10.3. The monoisotopic (exact) mass is 314 g/mol. The van der Waals surface area contributed by atoms with Gasteiger partial charge in [-0.05, 0) is 35.0 Å². The van der Waals surface area contributed by atoms with Gasteiger partial charge in [-0.15, -0.1) is 11.3 Å². The van der Waals surface area contributed by atoms with E-state index in [4.69, 9.17) is 4.42 Å². The first-order valence-corrected chi connectivity index (χ1v) is 7.22. The van der Waals surface area contributed by atoms with Gasteiger partial charge in [0.1, 0.15) is 5.76 Å². The normalized spacial score (nSPS) is 12.9. The fourth-order valence-corrected chi connectivity index (χ4v) is 2.95. The van der Waals surface area contributed by atoms with E-state index in [0.29, 0.717) is 12.6 Å². The van der Waals surface area contributed by atoms with Crippen molar-refractivity contribution in [1.29, 1.82) is 0 Å². The molecule has 0 aliphatic heterocycles. The second-order valence-electron chi connectivity index (χ2n) is 3.82. The third-order valence-electron chi connectivity index (χ3n) is 2.53. The SMILES string of the molecule is CCc1cnc(CNC(C)c2ccc(Br)s2)o1. The molecule has 0 radical (unpaired) electrons. The highest BCUT2D eigenvalue weighted by molar-refractivity contribution is 9.11. The largest absolute Gasteiger partial charge is 0.444 e. The van der Waals surface area contributed by atoms with Gasteiger partial charge in [0, 0.05) is 17.3 Å². The summed E-state index contributed by atoms with van der Waals surface area (Å²) in [7, 11) is 0. The highest BCUT2D eigenvalue weighted by Gasteiger charge is 2.09. The van der Waals surface area contributed by atoms with Gasteiger partial charge in [-0.1, -0.05) is 6.92 Å². The molecule has 1 unspecified atom stereocenters. The molecule has 0 aliphatic carbocycles. The van der Waals surface area contributed by atoms with Crippen molar-refractivity contribution in [3.63, 3.8) is 0 Å². The summed E-state index contributed by atoms with van der Waals surface area (Å²) >= 11 is 5.21. The lowest BCUT2D eigenvalue weighted by Crippen LogP contribution is -2.17. The molecular weight excluding hydrogens is 300 g/mol. The second kappa shape index (κ2) is 5.80. The van der Waals surface area contributed by atoms with E-state index < -0.39 is 0 Å². The Hall–Kier alpha value is -0.650. The number of aromatic nitrogens is 1. The van der Waals surface area contributed by atoms with E-state index in [1.54, 1.807) is 17.5 Å². The average Bonchev–Trinajstić information content (AvgIpc) is 2.94. The molecule has 17 heavy (non-hydrogen) atoms. The summed E-state index contributed by atoms with van der Waals surface area (Å²) in [6, 6.07) is 4.50. The van der Waals surface area contributed by atoms with E-state index >= 15 is 0 Å². The predicted molar refractivity (Wildman–Crippen MR) is 73.2 cm³/mol. The number of nitrogens with zero attached hydrogens (tertiary/aromatic N) is 1. The molecule has 0 saturated carbocycles. The standard InChI is InChI=1S/C12H15BrN2OS/c1-3-9-6-15-12(16-9)7-14-8(2)10-4-5-11(13)17-10/h4-6,8,14H,3,7H2,1-2H3. The summed E-state index contributed by atoms with van der Waals surface area (Å²) in [5, 5.41) is 3.40. The minimum absolute atomic E-state index is 0.309. The lowest BCUT2D eigenvalue weighted by Gasteiger charge is -2.09. The van der Waals surface area contributed by atoms with Crippen molar-refractivity contribution >= 4 is 27.3 Å². The van der Waals surface area contributed by atoms with Crippen molar-refractivity contribution in [2.75, 3.05) is 0 Å². The minimum atomic E-state index is 0.309. The fraction of sp³-hybridized carbons (Fsp3) is 0.417. The van der Waals surface area contributed by atoms with Crippen molar-refractivity contribution in [3.8, 4) is 0 Å². The number of halogens is 1. The Kier molecular flexibility index (Phi) is 4.36. The van der Waals surface area contributed by atoms with Crippen LogP contribution in [0.5, 0.6) is 0 Å². The Bertz CT molecular complexity index is 480. The van der Waals surface area contributed by atoms with E-state index in [9.17, 15) is 0 Å². The first-order chi connectivity index (χ1) is 8.19. The molecule has 2 rings (SSSR count). The lowest BCUT2D eigenvalue weighted by molar-refractivity contribution is 0.425. The van der Waals surface area contributed by atoms with Gasteiger partial charge < -0.3 is 9.73 Å². The summed E-state index contributed by atoms with van der Waals surface area (Å²) in [4.78, 5) is 5.53. The summed E-state index contributed by atoms with van der Waals surface area (Å²) in [6.45, 7) is 4.86. The molecule has 1 N–H and O–H groups in total. The van der Waals surface area contributed by atoms with Crippen molar-refractivity contribution < 1.29 is 4.42 Å². The molecule has 0 bridgehead atoms. The summed E-state index contributed by atoms with van der Waals surface area (Å²) in [5.74, 6) is 1.69. The zero-order valence-electron chi connectivity index (χ0n) is 9.87. The number of nitrogens with one attached hydrogen (secondary N) is 1. The van der Waals surface area contributed by atoms with Gasteiger partial charge in [0.25, 0.3) is 0 Å². The third-order valence-corrected chi connectivity index (χ3v) is 4.34. The van der Waals surface area contributed by atoms with Gasteiger partial charge in [-0.25, -0.2) is 4.98 Å². The number of rotatable bonds is 5. The van der Waals surface area contributed by atoms with Crippen LogP contribution in [0.1, 0.15) is 36.4 Å². The van der Waals surface area contributed by atoms with Crippen LogP contribution in [0.2, 0.25) is 0 Å². The maximum atomic E-state index is 5.54. The molecule has 0 fully saturated rings. The average molecular weight is 315 g/mol. The Balaban J connectivity index is 1.89. The van der Waals surface area contributed by atoms with Crippen LogP contribution >= 0.6 is 27.3 Å². The van der Waals surface area contributed by atoms with Gasteiger partial charge in [0.15, 0.2) is 0 Å². The van der Waals surface area contributed by atoms with Gasteiger partial charge in [-0.2, -0.15) is 0 Å². The van der Waals surface area contributed by atoms with Crippen LogP contribution in [-0.2, 0) is 13.0 Å². The quantitative estimate of drug-likeness (QED) is 0.909. The zero-order valence-corrected chi connectivity index (χ0v) is 12.3. The Morgan fingerprint density at radius 3 is 2.94 bits per heavy atom. The van der Waals surface area contributed by atoms with Crippen LogP contribution < -0.4 is 5.32 Å². The van der Waals surface area contributed by atoms with E-state index in [2.05, 4.69) is 52.2 Å². The summed E-state index contributed by atoms with van der Waals surface area (Å²) in [6.07, 6.45) is 2.68. The first kappa shape index (κ1) is 12.8. The van der Waals surface area contributed by atoms with Crippen LogP contribution in [0.15, 0.2) is 26.5 Å². The van der Waals surface area contributed by atoms with Crippen LogP contribution in [0.4, 0.5) is 0 Å². The molecular formula is C12H15BrN2OS. The molecule has 5 heteroatoms. The zero-order chi connectivity index (χ0) is 12.3. The van der Waals surface area contributed by atoms with E-state index in [0.717, 1.165) is 21.9 Å². The maximum absolute atomic E-state index is 5.54. The highest BCUT2D eigenvalue weighted by atomic mass is 79.9. The molecule has 0 aliphatic rings. The van der Waals surface area contributed by atoms with Crippen molar-refractivity contribution in [2.45, 2.75) is 32.9 Å². The van der Waals surface area contributed by atoms with Crippen LogP contribution in [0.25, 0.3) is 0 Å². The second-order valence-corrected chi connectivity index (χ2v) is 6.31. The summed E-state index contributed by atoms with van der Waals surface area (Å²) < 4.78 is 6.70. The molecule has 0 amide bonds. The first-order valence-electron chi connectivity index (χ1n) is 5.61. The van der Waals surface area contributed by atoms with Gasteiger partial charge >= 0.3 is 0 Å². The topological polar surface area (TPSA) is 38.1 Å². The van der Waals surface area contributed by atoms with Crippen molar-refractivity contribution in [2.24, 2.45) is 0 Å². The molecule has 92 valence electrons. The van der Waals surface area contributed by atoms with Gasteiger partial charge in [0.05, 0.1) is 16.5 Å². The molecule has 2 aromatic rings. The number of hydrogen-bond donors (Lipinski definition) is 1. The van der Waals surface area contributed by atoms with E-state index in [1.165, 1.54) is 4.88 Å². The maximum Gasteiger partial charge on any atom is 0.208 e. The summed E-state index contributed by atoms with van der Waals surface area (Å²) in [5.41, 5.74) is 0. The molecule has 0 aromatic carbocycles. The highest BCUT2D eigenvalue weighted by Crippen LogP contribution is 2.27. The third kappa shape index (κ3) is 3.40. The minimum Gasteiger partial charge on any atom is -0.444 e. The van der Waals surface area contributed by atoms with E-state index in [-0.39, 0.29) is 0 Å². The Morgan fingerprint density at radius 2 is 2.35 bits per heavy atom. The van der Waals surface area contributed by atoms with Crippen LogP contribution in [0.3, 0.4) is 0 Å². The number of thiophene rings is 1. The molecule has 0 spiro atoms. The van der Waals surface area contributed by atoms with Crippen LogP contribution in [0, 0.1) is 0 Å². The smallest absolute Gasteiger partial charge is 0.208 e. The molecule has 2 heterocycles. The number of hydrogen-bond acceptors (Lipinski definition) is 4. The molecule has 1 atom stereocenters. The Morgan fingerprint density at radius 1 is 1.53 bits per heavy atom. The fourth-order valence-electron chi connectivity index (χ4n) is 1.50. The van der Waals surface area contributed by atoms with Crippen molar-refractivity contribution in [1.82, 2.24) is 10.3 Å². The van der Waals surface area contributed by atoms with E-state index in [1.807, 2.05) is 0 Å². The van der Waals surface area contributed by atoms with Crippen LogP contribution in [-0.4, -0.2) is 4.98 Å². The molecule has 2 aromatic heterocycles. The number of aryl methyl sites for hydroxylation is 1. The number of oxazole rings is 1. The predicted octanol–water partition coefficient (Wildman–Crippen LogP) is 3.91. The van der Waals surface area contributed by atoms with Crippen molar-refractivity contribution in [3.05, 3.63) is 38.6 Å². The molecule has 3 nitrogen and oxygen atoms in total. The van der Waals surface area contributed by atoms with Gasteiger partial charge in [-0.3, -0.25) is 0 Å².